The molecule has 1 heterocycles. The summed E-state index contributed by atoms with van der Waals surface area (Å²) in [6, 6.07) is 15.5. The highest BCUT2D eigenvalue weighted by atomic mass is 16.1. The highest BCUT2D eigenvalue weighted by Gasteiger charge is 2.09. The summed E-state index contributed by atoms with van der Waals surface area (Å²) in [5.41, 5.74) is 4.28. The van der Waals surface area contributed by atoms with Crippen LogP contribution in [0, 0.1) is 13.8 Å². The zero-order chi connectivity index (χ0) is 16.9. The van der Waals surface area contributed by atoms with Crippen LogP contribution in [-0.4, -0.2) is 15.9 Å². The van der Waals surface area contributed by atoms with Crippen molar-refractivity contribution in [1.82, 2.24) is 9.97 Å². The Labute approximate surface area is 140 Å². The van der Waals surface area contributed by atoms with Gasteiger partial charge in [-0.15, -0.1) is 0 Å². The van der Waals surface area contributed by atoms with Gasteiger partial charge in [-0.05, 0) is 37.6 Å². The first-order chi connectivity index (χ1) is 11.6. The van der Waals surface area contributed by atoms with Gasteiger partial charge in [0.1, 0.15) is 0 Å². The first kappa shape index (κ1) is 15.7. The molecular weight excluding hydrogens is 300 g/mol. The highest BCUT2D eigenvalue weighted by molar-refractivity contribution is 6.04. The molecule has 3 aromatic rings. The fraction of sp³-hybridized carbons (Fsp3) is 0.105. The van der Waals surface area contributed by atoms with E-state index in [0.29, 0.717) is 11.5 Å². The van der Waals surface area contributed by atoms with Gasteiger partial charge in [0.05, 0.1) is 5.56 Å². The predicted octanol–water partition coefficient (Wildman–Crippen LogP) is 4.09. The van der Waals surface area contributed by atoms with Crippen LogP contribution in [0.15, 0.2) is 60.9 Å². The quantitative estimate of drug-likeness (QED) is 0.760. The van der Waals surface area contributed by atoms with Crippen molar-refractivity contribution >= 4 is 23.2 Å². The van der Waals surface area contributed by atoms with E-state index in [-0.39, 0.29) is 5.91 Å². The predicted molar refractivity (Wildman–Crippen MR) is 95.6 cm³/mol. The monoisotopic (exact) mass is 318 g/mol. The first-order valence-corrected chi connectivity index (χ1v) is 7.64. The molecule has 2 aromatic carbocycles. The lowest BCUT2D eigenvalue weighted by atomic mass is 10.2. The summed E-state index contributed by atoms with van der Waals surface area (Å²) in [7, 11) is 0. The van der Waals surface area contributed by atoms with Gasteiger partial charge >= 0.3 is 0 Å². The second kappa shape index (κ2) is 6.91. The molecule has 24 heavy (non-hydrogen) atoms. The molecule has 0 spiro atoms. The van der Waals surface area contributed by atoms with Crippen LogP contribution >= 0.6 is 0 Å². The molecule has 0 atom stereocenters. The van der Waals surface area contributed by atoms with E-state index >= 15 is 0 Å². The summed E-state index contributed by atoms with van der Waals surface area (Å²) in [5.74, 6) is 0.220. The number of carbonyl (C=O) groups is 1. The third-order valence-electron chi connectivity index (χ3n) is 3.62. The number of hydrogen-bond acceptors (Lipinski definition) is 4. The zero-order valence-corrected chi connectivity index (χ0v) is 13.6. The molecule has 120 valence electrons. The van der Waals surface area contributed by atoms with E-state index in [0.717, 1.165) is 16.9 Å². The van der Waals surface area contributed by atoms with E-state index < -0.39 is 0 Å². The van der Waals surface area contributed by atoms with Crippen molar-refractivity contribution < 1.29 is 4.79 Å². The van der Waals surface area contributed by atoms with E-state index in [1.165, 1.54) is 18.0 Å². The van der Waals surface area contributed by atoms with Crippen LogP contribution in [0.3, 0.4) is 0 Å². The number of aromatic nitrogens is 2. The lowest BCUT2D eigenvalue weighted by molar-refractivity contribution is 0.102. The van der Waals surface area contributed by atoms with Gasteiger partial charge in [-0.2, -0.15) is 0 Å². The third kappa shape index (κ3) is 3.76. The Kier molecular flexibility index (Phi) is 4.52. The molecule has 0 saturated heterocycles. The second-order valence-electron chi connectivity index (χ2n) is 5.56. The number of nitrogens with zero attached hydrogens (tertiary/aromatic N) is 2. The minimum absolute atomic E-state index is 0.230. The Balaban J connectivity index is 1.68. The Bertz CT molecular complexity index is 842. The molecule has 5 nitrogen and oxygen atoms in total. The van der Waals surface area contributed by atoms with Gasteiger partial charge in [0.15, 0.2) is 0 Å². The van der Waals surface area contributed by atoms with Crippen LogP contribution < -0.4 is 10.6 Å². The van der Waals surface area contributed by atoms with Crippen LogP contribution in [0.1, 0.15) is 21.5 Å². The molecule has 0 radical (unpaired) electrons. The molecule has 0 aliphatic carbocycles. The average molecular weight is 318 g/mol. The normalized spacial score (nSPS) is 10.2. The molecule has 1 amide bonds. The Hall–Kier alpha value is -3.21. The van der Waals surface area contributed by atoms with Crippen molar-refractivity contribution in [3.63, 3.8) is 0 Å². The van der Waals surface area contributed by atoms with Crippen LogP contribution in [-0.2, 0) is 0 Å². The summed E-state index contributed by atoms with van der Waals surface area (Å²) in [6.45, 7) is 3.98. The number of rotatable bonds is 4. The van der Waals surface area contributed by atoms with Gasteiger partial charge in [0, 0.05) is 23.8 Å². The molecule has 0 unspecified atom stereocenters. The van der Waals surface area contributed by atoms with Gasteiger partial charge in [0.25, 0.3) is 5.91 Å². The maximum Gasteiger partial charge on any atom is 0.258 e. The molecule has 2 N–H and O–H groups in total. The summed E-state index contributed by atoms with van der Waals surface area (Å²) >= 11 is 0. The average Bonchev–Trinajstić information content (AvgIpc) is 2.59. The number of anilines is 3. The number of carbonyl (C=O) groups excluding carboxylic acids is 1. The van der Waals surface area contributed by atoms with Crippen molar-refractivity contribution in [3.8, 4) is 0 Å². The SMILES string of the molecule is Cc1ccc(Nc2ncc(C(=O)Nc3ccccc3C)cn2)cc1. The maximum absolute atomic E-state index is 12.3. The van der Waals surface area contributed by atoms with Crippen LogP contribution in [0.25, 0.3) is 0 Å². The van der Waals surface area contributed by atoms with Crippen LogP contribution in [0.2, 0.25) is 0 Å². The summed E-state index contributed by atoms with van der Waals surface area (Å²) < 4.78 is 0. The summed E-state index contributed by atoms with van der Waals surface area (Å²) in [4.78, 5) is 20.7. The van der Waals surface area contributed by atoms with Gasteiger partial charge in [-0.25, -0.2) is 9.97 Å². The molecule has 1 aromatic heterocycles. The summed E-state index contributed by atoms with van der Waals surface area (Å²) in [6.07, 6.45) is 3.02. The smallest absolute Gasteiger partial charge is 0.258 e. The number of amides is 1. The standard InChI is InChI=1S/C19H18N4O/c1-13-7-9-16(10-8-13)22-19-20-11-15(12-21-19)18(24)23-17-6-4-3-5-14(17)2/h3-12H,1-2H3,(H,23,24)(H,20,21,22). The van der Waals surface area contributed by atoms with E-state index in [9.17, 15) is 4.79 Å². The fourth-order valence-corrected chi connectivity index (χ4v) is 2.18. The lowest BCUT2D eigenvalue weighted by Crippen LogP contribution is -2.13. The van der Waals surface area contributed by atoms with Gasteiger partial charge in [-0.1, -0.05) is 35.9 Å². The number of hydrogen-bond donors (Lipinski definition) is 2. The van der Waals surface area contributed by atoms with E-state index in [1.807, 2.05) is 62.4 Å². The summed E-state index contributed by atoms with van der Waals surface area (Å²) in [5, 5.41) is 5.96. The van der Waals surface area contributed by atoms with Crippen molar-refractivity contribution in [2.75, 3.05) is 10.6 Å². The molecule has 0 saturated carbocycles. The second-order valence-corrected chi connectivity index (χ2v) is 5.56. The van der Waals surface area contributed by atoms with Crippen molar-refractivity contribution in [2.45, 2.75) is 13.8 Å². The Morgan fingerprint density at radius 2 is 1.58 bits per heavy atom. The molecule has 3 rings (SSSR count). The maximum atomic E-state index is 12.3. The lowest BCUT2D eigenvalue weighted by Gasteiger charge is -2.08. The highest BCUT2D eigenvalue weighted by Crippen LogP contribution is 2.16. The Morgan fingerprint density at radius 1 is 0.917 bits per heavy atom. The van der Waals surface area contributed by atoms with E-state index in [4.69, 9.17) is 0 Å². The van der Waals surface area contributed by atoms with E-state index in [1.54, 1.807) is 0 Å². The topological polar surface area (TPSA) is 66.9 Å². The molecule has 0 bridgehead atoms. The number of benzene rings is 2. The number of aryl methyl sites for hydroxylation is 2. The molecule has 0 aliphatic rings. The van der Waals surface area contributed by atoms with Crippen LogP contribution in [0.5, 0.6) is 0 Å². The first-order valence-electron chi connectivity index (χ1n) is 7.64. The minimum Gasteiger partial charge on any atom is -0.324 e. The van der Waals surface area contributed by atoms with Gasteiger partial charge in [-0.3, -0.25) is 4.79 Å². The number of para-hydroxylation sites is 1. The van der Waals surface area contributed by atoms with Gasteiger partial charge < -0.3 is 10.6 Å². The van der Waals surface area contributed by atoms with Crippen LogP contribution in [0.4, 0.5) is 17.3 Å². The molecule has 5 heteroatoms. The van der Waals surface area contributed by atoms with Crippen molar-refractivity contribution in [3.05, 3.63) is 77.6 Å². The minimum atomic E-state index is -0.230. The zero-order valence-electron chi connectivity index (χ0n) is 13.6. The van der Waals surface area contributed by atoms with Crippen molar-refractivity contribution in [1.29, 1.82) is 0 Å². The fourth-order valence-electron chi connectivity index (χ4n) is 2.18. The molecule has 0 aliphatic heterocycles. The molecule has 0 fully saturated rings. The Morgan fingerprint density at radius 3 is 2.25 bits per heavy atom. The third-order valence-corrected chi connectivity index (χ3v) is 3.62. The van der Waals surface area contributed by atoms with Gasteiger partial charge in [0.2, 0.25) is 5.95 Å². The molecular formula is C19H18N4O. The number of nitrogens with one attached hydrogen (secondary N) is 2. The largest absolute Gasteiger partial charge is 0.324 e. The van der Waals surface area contributed by atoms with E-state index in [2.05, 4.69) is 20.6 Å². The van der Waals surface area contributed by atoms with Crippen molar-refractivity contribution in [2.24, 2.45) is 0 Å².